The minimum absolute atomic E-state index is 0.262. The molecular formula is C24H16Cl2N4O. The van der Waals surface area contributed by atoms with Crippen LogP contribution in [0.5, 0.6) is 0 Å². The van der Waals surface area contributed by atoms with Gasteiger partial charge in [0.1, 0.15) is 0 Å². The number of aromatic nitrogens is 4. The second-order valence-corrected chi connectivity index (χ2v) is 7.92. The summed E-state index contributed by atoms with van der Waals surface area (Å²) in [4.78, 5) is 13.3. The Morgan fingerprint density at radius 1 is 0.839 bits per heavy atom. The smallest absolute Gasteiger partial charge is 0.265 e. The minimum Gasteiger partial charge on any atom is -0.265 e. The molecule has 0 atom stereocenters. The summed E-state index contributed by atoms with van der Waals surface area (Å²) in [7, 11) is 0. The molecule has 0 saturated carbocycles. The maximum Gasteiger partial charge on any atom is 0.295 e. The van der Waals surface area contributed by atoms with Gasteiger partial charge in [0, 0.05) is 10.6 Å². The Morgan fingerprint density at radius 3 is 2.29 bits per heavy atom. The van der Waals surface area contributed by atoms with Gasteiger partial charge >= 0.3 is 0 Å². The van der Waals surface area contributed by atoms with E-state index in [0.29, 0.717) is 33.2 Å². The molecule has 0 aliphatic heterocycles. The van der Waals surface area contributed by atoms with Crippen LogP contribution >= 0.6 is 23.2 Å². The van der Waals surface area contributed by atoms with E-state index in [1.165, 1.54) is 4.68 Å². The average molecular weight is 447 g/mol. The summed E-state index contributed by atoms with van der Waals surface area (Å²) in [5.74, 6) is 0. The summed E-state index contributed by atoms with van der Waals surface area (Å²) in [6, 6.07) is 24.5. The number of hydrogen-bond donors (Lipinski definition) is 0. The van der Waals surface area contributed by atoms with Gasteiger partial charge in [0.2, 0.25) is 0 Å². The van der Waals surface area contributed by atoms with Crippen molar-refractivity contribution in [3.8, 4) is 16.9 Å². The predicted octanol–water partition coefficient (Wildman–Crippen LogP) is 5.60. The zero-order valence-corrected chi connectivity index (χ0v) is 17.8. The van der Waals surface area contributed by atoms with Crippen molar-refractivity contribution in [1.82, 2.24) is 19.6 Å². The van der Waals surface area contributed by atoms with Gasteiger partial charge < -0.3 is 0 Å². The summed E-state index contributed by atoms with van der Waals surface area (Å²) >= 11 is 12.6. The van der Waals surface area contributed by atoms with Crippen molar-refractivity contribution in [3.05, 3.63) is 111 Å². The highest BCUT2D eigenvalue weighted by atomic mass is 35.5. The van der Waals surface area contributed by atoms with Crippen molar-refractivity contribution in [3.63, 3.8) is 0 Å². The van der Waals surface area contributed by atoms with Crippen molar-refractivity contribution >= 4 is 34.1 Å². The number of rotatable bonds is 4. The maximum atomic E-state index is 13.3. The first kappa shape index (κ1) is 19.5. The lowest BCUT2D eigenvalue weighted by molar-refractivity contribution is 0.645. The SMILES string of the molecule is O=c1c2nn(-c3ccccc3Cl)c(-c3ccc(Cl)cc3)c2cnn1Cc1ccccc1. The van der Waals surface area contributed by atoms with Crippen LogP contribution in [0.25, 0.3) is 27.8 Å². The van der Waals surface area contributed by atoms with Crippen LogP contribution in [0.3, 0.4) is 0 Å². The standard InChI is InChI=1S/C24H16Cl2N4O/c25-18-12-10-17(11-13-18)23-19-14-27-29(15-16-6-2-1-3-7-16)24(31)22(19)28-30(23)21-9-5-4-8-20(21)26/h1-14H,15H2. The van der Waals surface area contributed by atoms with Gasteiger partial charge in [-0.3, -0.25) is 4.79 Å². The van der Waals surface area contributed by atoms with Crippen LogP contribution in [-0.2, 0) is 6.54 Å². The van der Waals surface area contributed by atoms with Crippen molar-refractivity contribution in [2.45, 2.75) is 6.54 Å². The van der Waals surface area contributed by atoms with Gasteiger partial charge in [0.15, 0.2) is 5.52 Å². The summed E-state index contributed by atoms with van der Waals surface area (Å²) in [5, 5.41) is 10.9. The number of fused-ring (bicyclic) bond motifs is 1. The van der Waals surface area contributed by atoms with E-state index in [0.717, 1.165) is 16.8 Å². The van der Waals surface area contributed by atoms with Crippen molar-refractivity contribution < 1.29 is 0 Å². The highest BCUT2D eigenvalue weighted by Gasteiger charge is 2.20. The molecule has 0 fully saturated rings. The van der Waals surface area contributed by atoms with Gasteiger partial charge in [0.05, 0.1) is 34.5 Å². The monoisotopic (exact) mass is 446 g/mol. The van der Waals surface area contributed by atoms with E-state index in [1.807, 2.05) is 60.7 Å². The highest BCUT2D eigenvalue weighted by molar-refractivity contribution is 6.32. The normalized spacial score (nSPS) is 11.2. The summed E-state index contributed by atoms with van der Waals surface area (Å²) < 4.78 is 3.12. The molecule has 0 N–H and O–H groups in total. The summed E-state index contributed by atoms with van der Waals surface area (Å²) in [5.41, 5.74) is 3.32. The molecular weight excluding hydrogens is 431 g/mol. The molecule has 0 bridgehead atoms. The third kappa shape index (κ3) is 3.63. The molecule has 2 heterocycles. The molecule has 0 unspecified atom stereocenters. The fraction of sp³-hybridized carbons (Fsp3) is 0.0417. The minimum atomic E-state index is -0.262. The molecule has 0 spiro atoms. The molecule has 2 aromatic heterocycles. The van der Waals surface area contributed by atoms with Crippen LogP contribution < -0.4 is 5.56 Å². The van der Waals surface area contributed by atoms with Crippen molar-refractivity contribution in [2.75, 3.05) is 0 Å². The summed E-state index contributed by atoms with van der Waals surface area (Å²) in [6.07, 6.45) is 1.68. The van der Waals surface area contributed by atoms with Crippen LogP contribution in [0.15, 0.2) is 89.9 Å². The first-order chi connectivity index (χ1) is 15.1. The van der Waals surface area contributed by atoms with Crippen LogP contribution in [0.1, 0.15) is 5.56 Å². The Bertz CT molecular complexity index is 1440. The fourth-order valence-corrected chi connectivity index (χ4v) is 3.91. The molecule has 0 saturated heterocycles. The molecule has 7 heteroatoms. The highest BCUT2D eigenvalue weighted by Crippen LogP contribution is 2.32. The molecule has 3 aromatic carbocycles. The zero-order chi connectivity index (χ0) is 21.4. The Hall–Kier alpha value is -3.41. The van der Waals surface area contributed by atoms with Crippen molar-refractivity contribution in [2.24, 2.45) is 0 Å². The molecule has 0 amide bonds. The molecule has 152 valence electrons. The number of nitrogens with zero attached hydrogens (tertiary/aromatic N) is 4. The van der Waals surface area contributed by atoms with Crippen LogP contribution in [0.4, 0.5) is 0 Å². The lowest BCUT2D eigenvalue weighted by Crippen LogP contribution is -2.23. The quantitative estimate of drug-likeness (QED) is 0.360. The number of halogens is 2. The largest absolute Gasteiger partial charge is 0.295 e. The number of para-hydroxylation sites is 1. The van der Waals surface area contributed by atoms with Gasteiger partial charge in [-0.05, 0) is 29.8 Å². The second-order valence-electron chi connectivity index (χ2n) is 7.07. The average Bonchev–Trinajstić information content (AvgIpc) is 3.17. The Labute approximate surface area is 188 Å². The molecule has 5 aromatic rings. The third-order valence-electron chi connectivity index (χ3n) is 5.06. The lowest BCUT2D eigenvalue weighted by atomic mass is 10.1. The lowest BCUT2D eigenvalue weighted by Gasteiger charge is -2.10. The van der Waals surface area contributed by atoms with Gasteiger partial charge in [-0.1, -0.05) is 77.8 Å². The van der Waals surface area contributed by atoms with Crippen molar-refractivity contribution in [1.29, 1.82) is 0 Å². The first-order valence-corrected chi connectivity index (χ1v) is 10.4. The van der Waals surface area contributed by atoms with Gasteiger partial charge in [-0.15, -0.1) is 0 Å². The van der Waals surface area contributed by atoms with Gasteiger partial charge in [-0.25, -0.2) is 9.36 Å². The molecule has 0 aliphatic rings. The topological polar surface area (TPSA) is 52.7 Å². The fourth-order valence-electron chi connectivity index (χ4n) is 3.56. The van der Waals surface area contributed by atoms with Crippen LogP contribution in [0.2, 0.25) is 10.0 Å². The van der Waals surface area contributed by atoms with Crippen LogP contribution in [-0.4, -0.2) is 19.6 Å². The van der Waals surface area contributed by atoms with E-state index in [1.54, 1.807) is 29.1 Å². The van der Waals surface area contributed by atoms with E-state index in [9.17, 15) is 4.79 Å². The molecule has 5 rings (SSSR count). The first-order valence-electron chi connectivity index (χ1n) is 9.65. The number of benzene rings is 3. The number of hydrogen-bond acceptors (Lipinski definition) is 3. The van der Waals surface area contributed by atoms with E-state index in [-0.39, 0.29) is 5.56 Å². The zero-order valence-electron chi connectivity index (χ0n) is 16.2. The molecule has 0 radical (unpaired) electrons. The Balaban J connectivity index is 1.75. The second kappa shape index (κ2) is 8.02. The Kier molecular flexibility index (Phi) is 5.06. The Morgan fingerprint density at radius 2 is 1.55 bits per heavy atom. The molecule has 0 aliphatic carbocycles. The molecule has 31 heavy (non-hydrogen) atoms. The predicted molar refractivity (Wildman–Crippen MR) is 124 cm³/mol. The van der Waals surface area contributed by atoms with E-state index >= 15 is 0 Å². The molecule has 5 nitrogen and oxygen atoms in total. The van der Waals surface area contributed by atoms with E-state index in [4.69, 9.17) is 23.2 Å². The van der Waals surface area contributed by atoms with Gasteiger partial charge in [0.25, 0.3) is 5.56 Å². The maximum absolute atomic E-state index is 13.3. The van der Waals surface area contributed by atoms with Gasteiger partial charge in [-0.2, -0.15) is 10.2 Å². The third-order valence-corrected chi connectivity index (χ3v) is 5.63. The summed E-state index contributed by atoms with van der Waals surface area (Å²) in [6.45, 7) is 0.366. The van der Waals surface area contributed by atoms with E-state index < -0.39 is 0 Å². The van der Waals surface area contributed by atoms with Crippen LogP contribution in [0, 0.1) is 0 Å². The van der Waals surface area contributed by atoms with E-state index in [2.05, 4.69) is 10.2 Å².